The Kier molecular flexibility index (Phi) is 2.91. The molecule has 1 aliphatic rings. The van der Waals surface area contributed by atoms with Gasteiger partial charge in [-0.1, -0.05) is 38.1 Å². The smallest absolute Gasteiger partial charge is 0.223 e. The van der Waals surface area contributed by atoms with Crippen LogP contribution in [0, 0.1) is 5.92 Å². The van der Waals surface area contributed by atoms with Crippen molar-refractivity contribution in [2.75, 3.05) is 0 Å². The van der Waals surface area contributed by atoms with E-state index in [0.717, 1.165) is 12.0 Å². The van der Waals surface area contributed by atoms with Gasteiger partial charge in [0.2, 0.25) is 5.66 Å². The van der Waals surface area contributed by atoms with E-state index in [4.69, 9.17) is 0 Å². The summed E-state index contributed by atoms with van der Waals surface area (Å²) in [6.45, 7) is 4.08. The lowest BCUT2D eigenvalue weighted by atomic mass is 9.97. The largest absolute Gasteiger partial charge is 0.426 e. The van der Waals surface area contributed by atoms with Gasteiger partial charge < -0.3 is 0 Å². The summed E-state index contributed by atoms with van der Waals surface area (Å²) in [5, 5.41) is 0. The van der Waals surface area contributed by atoms with Crippen LogP contribution in [0.15, 0.2) is 24.3 Å². The molecule has 94 valence electrons. The zero-order valence-corrected chi connectivity index (χ0v) is 9.73. The van der Waals surface area contributed by atoms with Crippen LogP contribution in [0.2, 0.25) is 0 Å². The third-order valence-electron chi connectivity index (χ3n) is 2.80. The van der Waals surface area contributed by atoms with Gasteiger partial charge in [-0.15, -0.1) is 0 Å². The SMILES string of the molecule is CC(C)Cc1cccc(C2(C(F)(F)F)NN2)c1. The first-order valence-electron chi connectivity index (χ1n) is 5.55. The minimum Gasteiger partial charge on any atom is -0.223 e. The zero-order valence-electron chi connectivity index (χ0n) is 9.73. The van der Waals surface area contributed by atoms with Crippen LogP contribution >= 0.6 is 0 Å². The molecule has 2 rings (SSSR count). The van der Waals surface area contributed by atoms with Crippen LogP contribution in [-0.4, -0.2) is 6.18 Å². The van der Waals surface area contributed by atoms with E-state index >= 15 is 0 Å². The Morgan fingerprint density at radius 3 is 2.35 bits per heavy atom. The number of halogens is 3. The molecule has 0 saturated carbocycles. The van der Waals surface area contributed by atoms with Crippen molar-refractivity contribution in [2.45, 2.75) is 32.1 Å². The fraction of sp³-hybridized carbons (Fsp3) is 0.500. The molecule has 0 bridgehead atoms. The lowest BCUT2D eigenvalue weighted by Crippen LogP contribution is -2.34. The molecule has 2 N–H and O–H groups in total. The van der Waals surface area contributed by atoms with Crippen LogP contribution in [0.5, 0.6) is 0 Å². The topological polar surface area (TPSA) is 43.9 Å². The summed E-state index contributed by atoms with van der Waals surface area (Å²) < 4.78 is 38.6. The molecule has 0 unspecified atom stereocenters. The highest BCUT2D eigenvalue weighted by atomic mass is 19.4. The Bertz CT molecular complexity index is 408. The number of hydrogen-bond donors (Lipinski definition) is 2. The third-order valence-corrected chi connectivity index (χ3v) is 2.80. The average molecular weight is 244 g/mol. The van der Waals surface area contributed by atoms with Gasteiger partial charge in [0.1, 0.15) is 0 Å². The van der Waals surface area contributed by atoms with Crippen LogP contribution < -0.4 is 10.9 Å². The van der Waals surface area contributed by atoms with Crippen LogP contribution in [0.25, 0.3) is 0 Å². The van der Waals surface area contributed by atoms with Crippen molar-refractivity contribution >= 4 is 0 Å². The van der Waals surface area contributed by atoms with Crippen molar-refractivity contribution in [2.24, 2.45) is 5.92 Å². The summed E-state index contributed by atoms with van der Waals surface area (Å²) in [5.74, 6) is 0.423. The molecule has 17 heavy (non-hydrogen) atoms. The van der Waals surface area contributed by atoms with Crippen LogP contribution in [0.4, 0.5) is 13.2 Å². The van der Waals surface area contributed by atoms with Gasteiger partial charge in [0.15, 0.2) is 0 Å². The minimum absolute atomic E-state index is 0.225. The summed E-state index contributed by atoms with van der Waals surface area (Å²) in [7, 11) is 0. The van der Waals surface area contributed by atoms with Crippen molar-refractivity contribution in [3.63, 3.8) is 0 Å². The monoisotopic (exact) mass is 244 g/mol. The first kappa shape index (κ1) is 12.4. The minimum atomic E-state index is -4.33. The molecule has 0 spiro atoms. The number of nitrogens with one attached hydrogen (secondary N) is 2. The average Bonchev–Trinajstić information content (AvgIpc) is 2.96. The fourth-order valence-corrected chi connectivity index (χ4v) is 1.92. The van der Waals surface area contributed by atoms with E-state index in [0.29, 0.717) is 5.92 Å². The normalized spacial score (nSPS) is 18.5. The number of hydrogen-bond acceptors (Lipinski definition) is 2. The predicted octanol–water partition coefficient (Wildman–Crippen LogP) is 2.71. The Hall–Kier alpha value is -1.07. The quantitative estimate of drug-likeness (QED) is 0.803. The molecule has 0 radical (unpaired) electrons. The molecule has 0 aromatic heterocycles. The highest BCUT2D eigenvalue weighted by Gasteiger charge is 2.65. The Labute approximate surface area is 98.2 Å². The van der Waals surface area contributed by atoms with Crippen LogP contribution in [0.3, 0.4) is 0 Å². The van der Waals surface area contributed by atoms with Gasteiger partial charge in [0.25, 0.3) is 0 Å². The molecule has 2 nitrogen and oxygen atoms in total. The maximum Gasteiger partial charge on any atom is 0.426 e. The molecule has 5 heteroatoms. The van der Waals surface area contributed by atoms with E-state index in [-0.39, 0.29) is 5.56 Å². The molecule has 1 aliphatic heterocycles. The van der Waals surface area contributed by atoms with Gasteiger partial charge >= 0.3 is 6.18 Å². The van der Waals surface area contributed by atoms with E-state index < -0.39 is 11.8 Å². The molecule has 1 aromatic carbocycles. The summed E-state index contributed by atoms with van der Waals surface area (Å²) in [6.07, 6.45) is -3.55. The van der Waals surface area contributed by atoms with E-state index in [9.17, 15) is 13.2 Å². The lowest BCUT2D eigenvalue weighted by molar-refractivity contribution is -0.165. The Morgan fingerprint density at radius 2 is 1.88 bits per heavy atom. The first-order chi connectivity index (χ1) is 7.85. The summed E-state index contributed by atoms with van der Waals surface area (Å²) in [4.78, 5) is 0. The second-order valence-electron chi connectivity index (χ2n) is 4.80. The molecular formula is C12H15F3N2. The van der Waals surface area contributed by atoms with Crippen molar-refractivity contribution in [3.05, 3.63) is 35.4 Å². The molecule has 0 aliphatic carbocycles. The third kappa shape index (κ3) is 2.30. The van der Waals surface area contributed by atoms with Gasteiger partial charge in [-0.2, -0.15) is 13.2 Å². The highest BCUT2D eigenvalue weighted by Crippen LogP contribution is 2.42. The van der Waals surface area contributed by atoms with E-state index in [1.807, 2.05) is 19.9 Å². The van der Waals surface area contributed by atoms with Crippen molar-refractivity contribution in [1.29, 1.82) is 0 Å². The van der Waals surface area contributed by atoms with E-state index in [1.54, 1.807) is 12.1 Å². The number of hydrazine groups is 1. The number of rotatable bonds is 3. The molecule has 0 amide bonds. The molecule has 0 atom stereocenters. The number of alkyl halides is 3. The second kappa shape index (κ2) is 3.99. The second-order valence-corrected chi connectivity index (χ2v) is 4.80. The van der Waals surface area contributed by atoms with Crippen molar-refractivity contribution in [3.8, 4) is 0 Å². The summed E-state index contributed by atoms with van der Waals surface area (Å²) in [6, 6.07) is 6.63. The van der Waals surface area contributed by atoms with Gasteiger partial charge in [-0.25, -0.2) is 10.9 Å². The predicted molar refractivity (Wildman–Crippen MR) is 59.0 cm³/mol. The standard InChI is InChI=1S/C12H15F3N2/c1-8(2)6-9-4-3-5-10(7-9)11(16-17-11)12(13,14)15/h3-5,7-8,16-17H,6H2,1-2H3. The zero-order chi connectivity index (χ0) is 12.7. The van der Waals surface area contributed by atoms with Gasteiger partial charge in [0, 0.05) is 0 Å². The lowest BCUT2D eigenvalue weighted by Gasteiger charge is -2.17. The highest BCUT2D eigenvalue weighted by molar-refractivity contribution is 5.34. The Balaban J connectivity index is 2.28. The fourth-order valence-electron chi connectivity index (χ4n) is 1.92. The van der Waals surface area contributed by atoms with Crippen LogP contribution in [0.1, 0.15) is 25.0 Å². The molecule has 1 heterocycles. The summed E-state index contributed by atoms with van der Waals surface area (Å²) in [5.41, 5.74) is 3.53. The van der Waals surface area contributed by atoms with E-state index in [1.165, 1.54) is 6.07 Å². The first-order valence-corrected chi connectivity index (χ1v) is 5.55. The van der Waals surface area contributed by atoms with Gasteiger partial charge in [0.05, 0.1) is 0 Å². The maximum atomic E-state index is 12.9. The summed E-state index contributed by atoms with van der Waals surface area (Å²) >= 11 is 0. The van der Waals surface area contributed by atoms with E-state index in [2.05, 4.69) is 10.9 Å². The van der Waals surface area contributed by atoms with Crippen LogP contribution in [-0.2, 0) is 12.1 Å². The Morgan fingerprint density at radius 1 is 1.24 bits per heavy atom. The molecule has 1 fully saturated rings. The number of benzene rings is 1. The van der Waals surface area contributed by atoms with Gasteiger partial charge in [-0.3, -0.25) is 0 Å². The molecule has 1 saturated heterocycles. The molecule has 1 aromatic rings. The van der Waals surface area contributed by atoms with Crippen molar-refractivity contribution in [1.82, 2.24) is 10.9 Å². The maximum absolute atomic E-state index is 12.9. The van der Waals surface area contributed by atoms with Gasteiger partial charge in [-0.05, 0) is 23.5 Å². The van der Waals surface area contributed by atoms with Crippen molar-refractivity contribution < 1.29 is 13.2 Å². The molecular weight excluding hydrogens is 229 g/mol.